The van der Waals surface area contributed by atoms with Gasteiger partial charge >= 0.3 is 0 Å². The summed E-state index contributed by atoms with van der Waals surface area (Å²) in [7, 11) is 0. The number of aliphatic imine (C=N–C) groups is 1. The Morgan fingerprint density at radius 1 is 1.35 bits per heavy atom. The Balaban J connectivity index is 2.00. The minimum absolute atomic E-state index is 0.203. The van der Waals surface area contributed by atoms with Crippen LogP contribution in [0.1, 0.15) is 65.2 Å². The van der Waals surface area contributed by atoms with Crippen molar-refractivity contribution in [3.63, 3.8) is 0 Å². The Morgan fingerprint density at radius 2 is 2.06 bits per heavy atom. The molecule has 0 radical (unpaired) electrons. The van der Waals surface area contributed by atoms with Crippen LogP contribution in [0.5, 0.6) is 0 Å². The largest absolute Gasteiger partial charge is 0.370 e. The Kier molecular flexibility index (Phi) is 3.95. The zero-order chi connectivity index (χ0) is 12.3. The van der Waals surface area contributed by atoms with Gasteiger partial charge in [0.1, 0.15) is 0 Å². The number of guanidine groups is 1. The van der Waals surface area contributed by atoms with E-state index in [0.717, 1.165) is 12.5 Å². The monoisotopic (exact) mass is 237 g/mol. The average molecular weight is 237 g/mol. The van der Waals surface area contributed by atoms with E-state index in [-0.39, 0.29) is 5.54 Å². The lowest BCUT2D eigenvalue weighted by Crippen LogP contribution is -2.53. The van der Waals surface area contributed by atoms with Gasteiger partial charge in [-0.2, -0.15) is 0 Å². The van der Waals surface area contributed by atoms with Crippen LogP contribution >= 0.6 is 0 Å². The second kappa shape index (κ2) is 5.28. The molecule has 1 aliphatic heterocycles. The first-order chi connectivity index (χ1) is 8.17. The zero-order valence-electron chi connectivity index (χ0n) is 11.4. The third-order valence-corrected chi connectivity index (χ3v) is 4.42. The molecule has 98 valence electrons. The van der Waals surface area contributed by atoms with Crippen LogP contribution in [0.15, 0.2) is 4.99 Å². The Morgan fingerprint density at radius 3 is 2.71 bits per heavy atom. The molecule has 2 N–H and O–H groups in total. The van der Waals surface area contributed by atoms with Crippen molar-refractivity contribution in [2.45, 2.75) is 76.8 Å². The lowest BCUT2D eigenvalue weighted by molar-refractivity contribution is 0.152. The highest BCUT2D eigenvalue weighted by Gasteiger charge is 2.41. The summed E-state index contributed by atoms with van der Waals surface area (Å²) in [6.45, 7) is 5.51. The lowest BCUT2D eigenvalue weighted by Gasteiger charge is -2.40. The first-order valence-electron chi connectivity index (χ1n) is 7.26. The van der Waals surface area contributed by atoms with E-state index in [9.17, 15) is 0 Å². The molecule has 3 nitrogen and oxygen atoms in total. The highest BCUT2D eigenvalue weighted by molar-refractivity contribution is 5.81. The maximum atomic E-state index is 6.11. The molecular formula is C14H27N3. The SMILES string of the molecule is CCCCCC1(C)CN=C(N)N1C1CCCC1. The molecule has 0 spiro atoms. The second-order valence-electron chi connectivity index (χ2n) is 5.94. The van der Waals surface area contributed by atoms with Crippen LogP contribution in [0.3, 0.4) is 0 Å². The van der Waals surface area contributed by atoms with E-state index in [0.29, 0.717) is 6.04 Å². The molecule has 1 atom stereocenters. The summed E-state index contributed by atoms with van der Waals surface area (Å²) >= 11 is 0. The van der Waals surface area contributed by atoms with E-state index in [1.165, 1.54) is 51.4 Å². The van der Waals surface area contributed by atoms with Crippen molar-refractivity contribution >= 4 is 5.96 Å². The van der Waals surface area contributed by atoms with Gasteiger partial charge < -0.3 is 10.6 Å². The second-order valence-corrected chi connectivity index (χ2v) is 5.94. The quantitative estimate of drug-likeness (QED) is 0.747. The number of nitrogens with two attached hydrogens (primary N) is 1. The molecule has 0 aromatic carbocycles. The number of hydrogen-bond donors (Lipinski definition) is 1. The van der Waals surface area contributed by atoms with Crippen molar-refractivity contribution < 1.29 is 0 Å². The molecule has 1 heterocycles. The minimum atomic E-state index is 0.203. The van der Waals surface area contributed by atoms with Crippen molar-refractivity contribution in [3.8, 4) is 0 Å². The molecule has 0 aromatic rings. The Hall–Kier alpha value is -0.730. The molecule has 0 saturated heterocycles. The molecule has 0 amide bonds. The van der Waals surface area contributed by atoms with Crippen LogP contribution in [0.25, 0.3) is 0 Å². The molecule has 1 unspecified atom stereocenters. The van der Waals surface area contributed by atoms with Crippen molar-refractivity contribution in [2.75, 3.05) is 6.54 Å². The number of hydrogen-bond acceptors (Lipinski definition) is 3. The molecule has 3 heteroatoms. The van der Waals surface area contributed by atoms with Crippen molar-refractivity contribution in [1.29, 1.82) is 0 Å². The maximum absolute atomic E-state index is 6.11. The van der Waals surface area contributed by atoms with E-state index in [4.69, 9.17) is 5.73 Å². The number of rotatable bonds is 5. The Bertz CT molecular complexity index is 281. The molecule has 0 aromatic heterocycles. The first-order valence-corrected chi connectivity index (χ1v) is 7.26. The molecule has 2 aliphatic rings. The molecule has 2 rings (SSSR count). The van der Waals surface area contributed by atoms with Gasteiger partial charge in [-0.05, 0) is 26.2 Å². The number of nitrogens with zero attached hydrogens (tertiary/aromatic N) is 2. The minimum Gasteiger partial charge on any atom is -0.370 e. The summed E-state index contributed by atoms with van der Waals surface area (Å²) < 4.78 is 0. The van der Waals surface area contributed by atoms with Gasteiger partial charge in [-0.25, -0.2) is 0 Å². The smallest absolute Gasteiger partial charge is 0.192 e. The van der Waals surface area contributed by atoms with Crippen LogP contribution in [-0.2, 0) is 0 Å². The Labute approximate surface area is 105 Å². The van der Waals surface area contributed by atoms with Gasteiger partial charge in [0.25, 0.3) is 0 Å². The van der Waals surface area contributed by atoms with Crippen molar-refractivity contribution in [3.05, 3.63) is 0 Å². The van der Waals surface area contributed by atoms with Crippen molar-refractivity contribution in [2.24, 2.45) is 10.7 Å². The summed E-state index contributed by atoms with van der Waals surface area (Å²) in [6, 6.07) is 0.660. The van der Waals surface area contributed by atoms with Crippen LogP contribution < -0.4 is 5.73 Å². The van der Waals surface area contributed by atoms with E-state index in [2.05, 4.69) is 23.7 Å². The first kappa shape index (κ1) is 12.7. The summed E-state index contributed by atoms with van der Waals surface area (Å²) in [6.07, 6.45) is 10.5. The van der Waals surface area contributed by atoms with Gasteiger partial charge in [0, 0.05) is 6.04 Å². The average Bonchev–Trinajstić information content (AvgIpc) is 2.88. The van der Waals surface area contributed by atoms with Gasteiger partial charge in [0.15, 0.2) is 5.96 Å². The molecule has 1 aliphatic carbocycles. The summed E-state index contributed by atoms with van der Waals surface area (Å²) in [5, 5.41) is 0. The van der Waals surface area contributed by atoms with Gasteiger partial charge in [0.05, 0.1) is 12.1 Å². The molecular weight excluding hydrogens is 210 g/mol. The fourth-order valence-corrected chi connectivity index (χ4v) is 3.43. The lowest BCUT2D eigenvalue weighted by atomic mass is 9.91. The van der Waals surface area contributed by atoms with Crippen LogP contribution in [0.4, 0.5) is 0 Å². The predicted octanol–water partition coefficient (Wildman–Crippen LogP) is 2.90. The van der Waals surface area contributed by atoms with E-state index in [1.54, 1.807) is 0 Å². The zero-order valence-corrected chi connectivity index (χ0v) is 11.4. The van der Waals surface area contributed by atoms with Gasteiger partial charge in [0.2, 0.25) is 0 Å². The van der Waals surface area contributed by atoms with E-state index < -0.39 is 0 Å². The third-order valence-electron chi connectivity index (χ3n) is 4.42. The fraction of sp³-hybridized carbons (Fsp3) is 0.929. The normalized spacial score (nSPS) is 30.0. The summed E-state index contributed by atoms with van der Waals surface area (Å²) in [5.41, 5.74) is 6.32. The van der Waals surface area contributed by atoms with Gasteiger partial charge in [-0.1, -0.05) is 39.0 Å². The summed E-state index contributed by atoms with van der Waals surface area (Å²) in [5.74, 6) is 0.802. The van der Waals surface area contributed by atoms with Crippen LogP contribution in [0, 0.1) is 0 Å². The molecule has 0 bridgehead atoms. The highest BCUT2D eigenvalue weighted by Crippen LogP contribution is 2.35. The molecule has 17 heavy (non-hydrogen) atoms. The van der Waals surface area contributed by atoms with Gasteiger partial charge in [-0.15, -0.1) is 0 Å². The van der Waals surface area contributed by atoms with Gasteiger partial charge in [-0.3, -0.25) is 4.99 Å². The highest BCUT2D eigenvalue weighted by atomic mass is 15.4. The van der Waals surface area contributed by atoms with Crippen molar-refractivity contribution in [1.82, 2.24) is 4.90 Å². The van der Waals surface area contributed by atoms with E-state index in [1.807, 2.05) is 0 Å². The third kappa shape index (κ3) is 2.58. The topological polar surface area (TPSA) is 41.6 Å². The maximum Gasteiger partial charge on any atom is 0.192 e. The summed E-state index contributed by atoms with van der Waals surface area (Å²) in [4.78, 5) is 6.97. The van der Waals surface area contributed by atoms with Crippen LogP contribution in [-0.4, -0.2) is 29.0 Å². The predicted molar refractivity (Wildman–Crippen MR) is 73.1 cm³/mol. The van der Waals surface area contributed by atoms with Crippen LogP contribution in [0.2, 0.25) is 0 Å². The fourth-order valence-electron chi connectivity index (χ4n) is 3.43. The van der Waals surface area contributed by atoms with E-state index >= 15 is 0 Å². The molecule has 1 saturated carbocycles. The number of unbranched alkanes of at least 4 members (excludes halogenated alkanes) is 2. The molecule has 1 fully saturated rings. The standard InChI is InChI=1S/C14H27N3/c1-3-4-7-10-14(2)11-16-13(15)17(14)12-8-5-6-9-12/h12H,3-11H2,1-2H3,(H2,15,16).